The second kappa shape index (κ2) is 8.48. The van der Waals surface area contributed by atoms with Gasteiger partial charge in [-0.3, -0.25) is 0 Å². The summed E-state index contributed by atoms with van der Waals surface area (Å²) in [5, 5.41) is 12.3. The number of aliphatic hydroxyl groups excluding tert-OH is 1. The molecule has 2 N–H and O–H groups in total. The lowest BCUT2D eigenvalue weighted by molar-refractivity contribution is 0.148. The van der Waals surface area contributed by atoms with Gasteiger partial charge in [0.15, 0.2) is 0 Å². The molecule has 0 amide bonds. The molecule has 0 aliphatic rings. The fourth-order valence-corrected chi connectivity index (χ4v) is 2.06. The Balaban J connectivity index is 2.60. The Kier molecular flexibility index (Phi) is 7.27. The van der Waals surface area contributed by atoms with E-state index in [1.165, 1.54) is 0 Å². The lowest BCUT2D eigenvalue weighted by atomic mass is 10.1. The van der Waals surface area contributed by atoms with E-state index in [-0.39, 0.29) is 12.6 Å². The van der Waals surface area contributed by atoms with Crippen molar-refractivity contribution in [2.24, 2.45) is 0 Å². The number of hydrogen-bond acceptors (Lipinski definition) is 4. The minimum absolute atomic E-state index is 0.151. The normalized spacial score (nSPS) is 12.4. The summed E-state index contributed by atoms with van der Waals surface area (Å²) in [5.41, 5.74) is 1.12. The van der Waals surface area contributed by atoms with Gasteiger partial charge in [0.1, 0.15) is 5.75 Å². The molecule has 0 fully saturated rings. The van der Waals surface area contributed by atoms with Crippen molar-refractivity contribution in [1.82, 2.24) is 5.32 Å². The molecule has 4 nitrogen and oxygen atoms in total. The largest absolute Gasteiger partial charge is 0.497 e. The van der Waals surface area contributed by atoms with Crippen LogP contribution in [0.15, 0.2) is 22.7 Å². The van der Waals surface area contributed by atoms with Gasteiger partial charge in [0, 0.05) is 30.8 Å². The number of methoxy groups -OCH3 is 2. The number of hydrogen-bond donors (Lipinski definition) is 2. The van der Waals surface area contributed by atoms with Gasteiger partial charge in [-0.05, 0) is 30.2 Å². The first kappa shape index (κ1) is 15.4. The second-order valence-electron chi connectivity index (χ2n) is 4.00. The summed E-state index contributed by atoms with van der Waals surface area (Å²) in [6.07, 6.45) is 0.676. The molecule has 18 heavy (non-hydrogen) atoms. The topological polar surface area (TPSA) is 50.7 Å². The molecule has 1 aromatic rings. The first-order valence-corrected chi connectivity index (χ1v) is 6.66. The third kappa shape index (κ3) is 4.94. The molecule has 0 bridgehead atoms. The minimum Gasteiger partial charge on any atom is -0.497 e. The van der Waals surface area contributed by atoms with Crippen molar-refractivity contribution < 1.29 is 14.6 Å². The van der Waals surface area contributed by atoms with Gasteiger partial charge in [0.05, 0.1) is 13.7 Å². The average molecular weight is 318 g/mol. The summed E-state index contributed by atoms with van der Waals surface area (Å²) in [6, 6.07) is 6.01. The molecule has 0 aliphatic heterocycles. The summed E-state index contributed by atoms with van der Waals surface area (Å²) < 4.78 is 11.3. The lowest BCUT2D eigenvalue weighted by Gasteiger charge is -2.17. The lowest BCUT2D eigenvalue weighted by Crippen LogP contribution is -2.33. The van der Waals surface area contributed by atoms with Crippen LogP contribution >= 0.6 is 15.9 Å². The van der Waals surface area contributed by atoms with Gasteiger partial charge in [0.2, 0.25) is 0 Å². The van der Waals surface area contributed by atoms with E-state index >= 15 is 0 Å². The molecule has 0 radical (unpaired) electrons. The first-order chi connectivity index (χ1) is 8.71. The van der Waals surface area contributed by atoms with Gasteiger partial charge in [-0.1, -0.05) is 15.9 Å². The maximum atomic E-state index is 8.97. The summed E-state index contributed by atoms with van der Waals surface area (Å²) in [6.45, 7) is 1.44. The predicted octanol–water partition coefficient (Wildman–Crippen LogP) is 1.94. The van der Waals surface area contributed by atoms with Gasteiger partial charge in [-0.25, -0.2) is 0 Å². The number of rotatable bonds is 8. The Labute approximate surface area is 116 Å². The summed E-state index contributed by atoms with van der Waals surface area (Å²) in [5.74, 6) is 0.834. The zero-order valence-electron chi connectivity index (χ0n) is 10.8. The Morgan fingerprint density at radius 3 is 2.78 bits per heavy atom. The predicted molar refractivity (Wildman–Crippen MR) is 74.9 cm³/mol. The van der Waals surface area contributed by atoms with Gasteiger partial charge >= 0.3 is 0 Å². The SMILES string of the molecule is COCC(CCO)NCc1cc(OC)ccc1Br. The Morgan fingerprint density at radius 1 is 1.39 bits per heavy atom. The third-order valence-corrected chi connectivity index (χ3v) is 3.45. The molecule has 0 heterocycles. The second-order valence-corrected chi connectivity index (χ2v) is 4.86. The average Bonchev–Trinajstić information content (AvgIpc) is 2.38. The van der Waals surface area contributed by atoms with Crippen molar-refractivity contribution in [3.8, 4) is 5.75 Å². The van der Waals surface area contributed by atoms with Crippen molar-refractivity contribution in [1.29, 1.82) is 0 Å². The molecule has 1 atom stereocenters. The van der Waals surface area contributed by atoms with Crippen LogP contribution in [-0.4, -0.2) is 38.6 Å². The molecule has 1 rings (SSSR count). The van der Waals surface area contributed by atoms with Crippen LogP contribution in [0.5, 0.6) is 5.75 Å². The number of halogens is 1. The maximum Gasteiger partial charge on any atom is 0.119 e. The van der Waals surface area contributed by atoms with E-state index in [0.717, 1.165) is 15.8 Å². The molecule has 0 aliphatic carbocycles. The molecule has 0 spiro atoms. The van der Waals surface area contributed by atoms with E-state index in [1.54, 1.807) is 14.2 Å². The Bertz CT molecular complexity index is 354. The molecule has 1 unspecified atom stereocenters. The van der Waals surface area contributed by atoms with Gasteiger partial charge in [0.25, 0.3) is 0 Å². The van der Waals surface area contributed by atoms with Crippen LogP contribution in [0, 0.1) is 0 Å². The molecular formula is C13H20BrNO3. The number of ether oxygens (including phenoxy) is 2. The first-order valence-electron chi connectivity index (χ1n) is 5.86. The molecule has 0 saturated heterocycles. The summed E-state index contributed by atoms with van der Waals surface area (Å²) in [7, 11) is 3.31. The maximum absolute atomic E-state index is 8.97. The summed E-state index contributed by atoms with van der Waals surface area (Å²) in [4.78, 5) is 0. The minimum atomic E-state index is 0.151. The van der Waals surface area contributed by atoms with Crippen molar-refractivity contribution in [2.45, 2.75) is 19.0 Å². The van der Waals surface area contributed by atoms with Crippen LogP contribution in [0.25, 0.3) is 0 Å². The van der Waals surface area contributed by atoms with Crippen LogP contribution in [0.1, 0.15) is 12.0 Å². The standard InChI is InChI=1S/C13H20BrNO3/c1-17-9-11(5-6-16)15-8-10-7-12(18-2)3-4-13(10)14/h3-4,7,11,15-16H,5-6,8-9H2,1-2H3. The smallest absolute Gasteiger partial charge is 0.119 e. The highest BCUT2D eigenvalue weighted by atomic mass is 79.9. The highest BCUT2D eigenvalue weighted by molar-refractivity contribution is 9.10. The van der Waals surface area contributed by atoms with Crippen LogP contribution < -0.4 is 10.1 Å². The molecule has 0 aromatic heterocycles. The van der Waals surface area contributed by atoms with Crippen molar-refractivity contribution >= 4 is 15.9 Å². The van der Waals surface area contributed by atoms with Crippen LogP contribution in [0.3, 0.4) is 0 Å². The zero-order valence-corrected chi connectivity index (χ0v) is 12.4. The molecule has 102 valence electrons. The molecule has 0 saturated carbocycles. The number of benzene rings is 1. The third-order valence-electron chi connectivity index (χ3n) is 2.68. The van der Waals surface area contributed by atoms with E-state index in [0.29, 0.717) is 19.6 Å². The monoisotopic (exact) mass is 317 g/mol. The number of aliphatic hydroxyl groups is 1. The van der Waals surface area contributed by atoms with Gasteiger partial charge in [-0.2, -0.15) is 0 Å². The van der Waals surface area contributed by atoms with E-state index in [2.05, 4.69) is 21.2 Å². The van der Waals surface area contributed by atoms with E-state index in [4.69, 9.17) is 14.6 Å². The highest BCUT2D eigenvalue weighted by Gasteiger charge is 2.09. The van der Waals surface area contributed by atoms with Gasteiger partial charge < -0.3 is 19.9 Å². The molecule has 1 aromatic carbocycles. The van der Waals surface area contributed by atoms with Gasteiger partial charge in [-0.15, -0.1) is 0 Å². The van der Waals surface area contributed by atoms with E-state index < -0.39 is 0 Å². The van der Waals surface area contributed by atoms with Crippen molar-refractivity contribution in [2.75, 3.05) is 27.4 Å². The Hall–Kier alpha value is -0.620. The van der Waals surface area contributed by atoms with Crippen LogP contribution in [-0.2, 0) is 11.3 Å². The van der Waals surface area contributed by atoms with E-state index in [9.17, 15) is 0 Å². The molecule has 5 heteroatoms. The van der Waals surface area contributed by atoms with Crippen molar-refractivity contribution in [3.05, 3.63) is 28.2 Å². The Morgan fingerprint density at radius 2 is 2.17 bits per heavy atom. The van der Waals surface area contributed by atoms with E-state index in [1.807, 2.05) is 18.2 Å². The van der Waals surface area contributed by atoms with Crippen LogP contribution in [0.2, 0.25) is 0 Å². The quantitative estimate of drug-likeness (QED) is 0.769. The number of nitrogens with one attached hydrogen (secondary N) is 1. The summed E-state index contributed by atoms with van der Waals surface area (Å²) >= 11 is 3.51. The van der Waals surface area contributed by atoms with Crippen LogP contribution in [0.4, 0.5) is 0 Å². The fraction of sp³-hybridized carbons (Fsp3) is 0.538. The zero-order chi connectivity index (χ0) is 13.4. The fourth-order valence-electron chi connectivity index (χ4n) is 1.67. The van der Waals surface area contributed by atoms with Crippen molar-refractivity contribution in [3.63, 3.8) is 0 Å². The molecular weight excluding hydrogens is 298 g/mol. The highest BCUT2D eigenvalue weighted by Crippen LogP contribution is 2.22.